The maximum absolute atomic E-state index is 13.3. The number of carbonyl (C=O) groups is 3. The Morgan fingerprint density at radius 3 is 2.21 bits per heavy atom. The number of allylic oxidation sites excluding steroid dienone is 2. The molecule has 7 heteroatoms. The summed E-state index contributed by atoms with van der Waals surface area (Å²) in [5.74, 6) is -2.89. The number of aryl methyl sites for hydroxylation is 1. The Hall–Kier alpha value is -3.61. The van der Waals surface area contributed by atoms with Gasteiger partial charge < -0.3 is 20.2 Å². The minimum absolute atomic E-state index is 0.131. The van der Waals surface area contributed by atoms with Crippen molar-refractivity contribution >= 4 is 29.2 Å². The van der Waals surface area contributed by atoms with E-state index in [0.29, 0.717) is 37.2 Å². The molecule has 0 aromatic heterocycles. The second-order valence-corrected chi connectivity index (χ2v) is 8.59. The quantitative estimate of drug-likeness (QED) is 0.684. The van der Waals surface area contributed by atoms with Gasteiger partial charge in [0.2, 0.25) is 5.91 Å². The van der Waals surface area contributed by atoms with Crippen LogP contribution in [0.25, 0.3) is 0 Å². The number of hydrogen-bond donors (Lipinski definition) is 2. The van der Waals surface area contributed by atoms with Crippen molar-refractivity contribution < 1.29 is 19.5 Å². The Bertz CT molecular complexity index is 1070. The highest BCUT2D eigenvalue weighted by Gasteiger charge is 2.34. The molecule has 1 saturated heterocycles. The van der Waals surface area contributed by atoms with Gasteiger partial charge in [0.05, 0.1) is 23.1 Å². The van der Waals surface area contributed by atoms with Gasteiger partial charge in [0, 0.05) is 31.9 Å². The van der Waals surface area contributed by atoms with E-state index in [2.05, 4.69) is 29.3 Å². The molecule has 0 bridgehead atoms. The van der Waals surface area contributed by atoms with Gasteiger partial charge in [-0.05, 0) is 43.5 Å². The normalized spacial score (nSPS) is 20.4. The maximum atomic E-state index is 13.3. The van der Waals surface area contributed by atoms with Gasteiger partial charge in [0.25, 0.3) is 5.91 Å². The summed E-state index contributed by atoms with van der Waals surface area (Å²) in [7, 11) is 0. The monoisotopic (exact) mass is 447 g/mol. The summed E-state index contributed by atoms with van der Waals surface area (Å²) in [5.41, 5.74) is 3.25. The van der Waals surface area contributed by atoms with E-state index in [4.69, 9.17) is 0 Å². The van der Waals surface area contributed by atoms with E-state index in [1.54, 1.807) is 30.3 Å². The average molecular weight is 448 g/mol. The number of carboxylic acids is 1. The molecule has 1 aliphatic carbocycles. The lowest BCUT2D eigenvalue weighted by molar-refractivity contribution is -0.146. The van der Waals surface area contributed by atoms with E-state index in [-0.39, 0.29) is 11.8 Å². The number of para-hydroxylation sites is 2. The van der Waals surface area contributed by atoms with E-state index in [9.17, 15) is 19.5 Å². The fourth-order valence-corrected chi connectivity index (χ4v) is 4.62. The van der Waals surface area contributed by atoms with Crippen LogP contribution in [0.4, 0.5) is 11.4 Å². The number of aliphatic carboxylic acids is 1. The Morgan fingerprint density at radius 2 is 1.52 bits per heavy atom. The summed E-state index contributed by atoms with van der Waals surface area (Å²) >= 11 is 0. The predicted octanol–water partition coefficient (Wildman–Crippen LogP) is 3.56. The van der Waals surface area contributed by atoms with Gasteiger partial charge in [0.15, 0.2) is 0 Å². The van der Waals surface area contributed by atoms with Crippen LogP contribution in [-0.4, -0.2) is 54.0 Å². The van der Waals surface area contributed by atoms with Crippen molar-refractivity contribution in [2.75, 3.05) is 36.4 Å². The van der Waals surface area contributed by atoms with Crippen LogP contribution >= 0.6 is 0 Å². The molecule has 2 aromatic carbocycles. The van der Waals surface area contributed by atoms with Gasteiger partial charge in [-0.25, -0.2) is 0 Å². The average Bonchev–Trinajstić information content (AvgIpc) is 2.84. The van der Waals surface area contributed by atoms with Crippen LogP contribution in [0.5, 0.6) is 0 Å². The number of benzene rings is 2. The lowest BCUT2D eigenvalue weighted by Gasteiger charge is -2.37. The SMILES string of the molecule is Cc1ccccc1N1CCN(C(=O)c2ccccc2NC(=O)[C@@H]2CC=CC[C@@H]2C(=O)O)CC1. The molecule has 33 heavy (non-hydrogen) atoms. The molecule has 2 amide bonds. The van der Waals surface area contributed by atoms with E-state index in [1.807, 2.05) is 23.1 Å². The molecule has 2 atom stereocenters. The number of hydrogen-bond acceptors (Lipinski definition) is 4. The lowest BCUT2D eigenvalue weighted by Crippen LogP contribution is -2.49. The number of anilines is 2. The van der Waals surface area contributed by atoms with Crippen molar-refractivity contribution in [2.24, 2.45) is 11.8 Å². The fraction of sp³-hybridized carbons (Fsp3) is 0.346. The third kappa shape index (κ3) is 4.92. The zero-order valence-electron chi connectivity index (χ0n) is 18.7. The molecule has 1 heterocycles. The van der Waals surface area contributed by atoms with Gasteiger partial charge in [-0.2, -0.15) is 0 Å². The number of piperazine rings is 1. The summed E-state index contributed by atoms with van der Waals surface area (Å²) in [5, 5.41) is 12.3. The summed E-state index contributed by atoms with van der Waals surface area (Å²) in [4.78, 5) is 41.9. The Labute approximate surface area is 193 Å². The van der Waals surface area contributed by atoms with Gasteiger partial charge in [-0.1, -0.05) is 42.5 Å². The number of nitrogens with zero attached hydrogens (tertiary/aromatic N) is 2. The molecule has 0 unspecified atom stereocenters. The first-order valence-corrected chi connectivity index (χ1v) is 11.3. The van der Waals surface area contributed by atoms with Crippen molar-refractivity contribution in [1.82, 2.24) is 4.90 Å². The van der Waals surface area contributed by atoms with Crippen molar-refractivity contribution in [3.8, 4) is 0 Å². The molecule has 1 aliphatic heterocycles. The molecule has 2 N–H and O–H groups in total. The number of carboxylic acid groups (broad SMARTS) is 1. The maximum Gasteiger partial charge on any atom is 0.307 e. The first-order chi connectivity index (χ1) is 16.0. The molecule has 2 aromatic rings. The first-order valence-electron chi connectivity index (χ1n) is 11.3. The smallest absolute Gasteiger partial charge is 0.307 e. The predicted molar refractivity (Wildman–Crippen MR) is 127 cm³/mol. The molecular weight excluding hydrogens is 418 g/mol. The minimum atomic E-state index is -0.976. The van der Waals surface area contributed by atoms with Crippen LogP contribution in [0.1, 0.15) is 28.8 Å². The molecule has 172 valence electrons. The topological polar surface area (TPSA) is 90.0 Å². The van der Waals surface area contributed by atoms with E-state index >= 15 is 0 Å². The summed E-state index contributed by atoms with van der Waals surface area (Å²) < 4.78 is 0. The summed E-state index contributed by atoms with van der Waals surface area (Å²) in [6.45, 7) is 4.73. The van der Waals surface area contributed by atoms with Gasteiger partial charge in [-0.15, -0.1) is 0 Å². The third-order valence-corrected chi connectivity index (χ3v) is 6.52. The number of carbonyl (C=O) groups excluding carboxylic acids is 2. The fourth-order valence-electron chi connectivity index (χ4n) is 4.62. The van der Waals surface area contributed by atoms with Crippen molar-refractivity contribution in [3.05, 3.63) is 71.8 Å². The highest BCUT2D eigenvalue weighted by molar-refractivity contribution is 6.04. The first kappa shape index (κ1) is 22.6. The van der Waals surface area contributed by atoms with Gasteiger partial charge in [-0.3, -0.25) is 14.4 Å². The van der Waals surface area contributed by atoms with Gasteiger partial charge in [0.1, 0.15) is 0 Å². The minimum Gasteiger partial charge on any atom is -0.481 e. The second kappa shape index (κ2) is 9.90. The lowest BCUT2D eigenvalue weighted by atomic mass is 9.82. The molecule has 7 nitrogen and oxygen atoms in total. The van der Waals surface area contributed by atoms with Crippen LogP contribution in [0, 0.1) is 18.8 Å². The molecule has 0 radical (unpaired) electrons. The van der Waals surface area contributed by atoms with Crippen molar-refractivity contribution in [2.45, 2.75) is 19.8 Å². The van der Waals surface area contributed by atoms with Crippen LogP contribution in [0.3, 0.4) is 0 Å². The zero-order valence-corrected chi connectivity index (χ0v) is 18.7. The Kier molecular flexibility index (Phi) is 6.77. The molecule has 4 rings (SSSR count). The largest absolute Gasteiger partial charge is 0.481 e. The third-order valence-electron chi connectivity index (χ3n) is 6.52. The second-order valence-electron chi connectivity index (χ2n) is 8.59. The number of nitrogens with one attached hydrogen (secondary N) is 1. The summed E-state index contributed by atoms with van der Waals surface area (Å²) in [6, 6.07) is 15.2. The Morgan fingerprint density at radius 1 is 0.879 bits per heavy atom. The van der Waals surface area contributed by atoms with Crippen LogP contribution in [0.2, 0.25) is 0 Å². The van der Waals surface area contributed by atoms with E-state index < -0.39 is 17.8 Å². The molecule has 0 spiro atoms. The van der Waals surface area contributed by atoms with Crippen LogP contribution in [-0.2, 0) is 9.59 Å². The van der Waals surface area contributed by atoms with Gasteiger partial charge >= 0.3 is 5.97 Å². The highest BCUT2D eigenvalue weighted by Crippen LogP contribution is 2.28. The van der Waals surface area contributed by atoms with Crippen LogP contribution < -0.4 is 10.2 Å². The summed E-state index contributed by atoms with van der Waals surface area (Å²) in [6.07, 6.45) is 4.35. The molecule has 2 aliphatic rings. The van der Waals surface area contributed by atoms with Crippen molar-refractivity contribution in [1.29, 1.82) is 0 Å². The molecule has 0 saturated carbocycles. The molecular formula is C26H29N3O4. The van der Waals surface area contributed by atoms with Crippen molar-refractivity contribution in [3.63, 3.8) is 0 Å². The van der Waals surface area contributed by atoms with Crippen LogP contribution in [0.15, 0.2) is 60.7 Å². The standard InChI is InChI=1S/C26H29N3O4/c1-18-8-2-7-13-23(18)28-14-16-29(17-15-28)25(31)21-11-5-6-12-22(21)27-24(30)19-9-3-4-10-20(19)26(32)33/h2-8,11-13,19-20H,9-10,14-17H2,1H3,(H,27,30)(H,32,33)/t19-,20+/m1/s1. The van der Waals surface area contributed by atoms with E-state index in [0.717, 1.165) is 13.1 Å². The number of rotatable bonds is 5. The molecule has 1 fully saturated rings. The number of amides is 2. The highest BCUT2D eigenvalue weighted by atomic mass is 16.4. The Balaban J connectivity index is 1.45. The zero-order chi connectivity index (χ0) is 23.4. The van der Waals surface area contributed by atoms with E-state index in [1.165, 1.54) is 11.3 Å².